The van der Waals surface area contributed by atoms with Crippen molar-refractivity contribution in [3.63, 3.8) is 0 Å². The highest BCUT2D eigenvalue weighted by atomic mass is 79.9. The number of halogens is 1. The number of rotatable bonds is 5. The highest BCUT2D eigenvalue weighted by molar-refractivity contribution is 9.12. The predicted molar refractivity (Wildman–Crippen MR) is 100 cm³/mol. The van der Waals surface area contributed by atoms with E-state index in [1.165, 1.54) is 6.08 Å². The smallest absolute Gasteiger partial charge is 0.262 e. The van der Waals surface area contributed by atoms with E-state index in [4.69, 9.17) is 0 Å². The minimum absolute atomic E-state index is 0.0526. The van der Waals surface area contributed by atoms with Crippen molar-refractivity contribution >= 4 is 27.9 Å². The quantitative estimate of drug-likeness (QED) is 0.462. The Kier molecular flexibility index (Phi) is 6.53. The van der Waals surface area contributed by atoms with Crippen LogP contribution in [0.4, 0.5) is 0 Å². The van der Waals surface area contributed by atoms with Crippen LogP contribution in [0, 0.1) is 11.3 Å². The van der Waals surface area contributed by atoms with Crippen molar-refractivity contribution in [3.05, 3.63) is 87.9 Å². The number of benzene rings is 2. The second kappa shape index (κ2) is 8.85. The third kappa shape index (κ3) is 5.22. The third-order valence-electron chi connectivity index (χ3n) is 3.40. The maximum Gasteiger partial charge on any atom is 0.262 e. The predicted octanol–water partition coefficient (Wildman–Crippen LogP) is 4.75. The molecule has 4 heteroatoms. The van der Waals surface area contributed by atoms with Gasteiger partial charge in [0.15, 0.2) is 0 Å². The summed E-state index contributed by atoms with van der Waals surface area (Å²) >= 11 is 3.39. The van der Waals surface area contributed by atoms with Crippen LogP contribution in [0.25, 0.3) is 6.08 Å². The fourth-order valence-corrected chi connectivity index (χ4v) is 2.63. The number of hydrogen-bond donors (Lipinski definition) is 1. The number of allylic oxidation sites excluding steroid dienone is 2. The lowest BCUT2D eigenvalue weighted by molar-refractivity contribution is -0.117. The lowest BCUT2D eigenvalue weighted by Gasteiger charge is -2.13. The second-order valence-electron chi connectivity index (χ2n) is 5.22. The zero-order valence-electron chi connectivity index (χ0n) is 13.2. The molecule has 2 rings (SSSR count). The van der Waals surface area contributed by atoms with E-state index in [9.17, 15) is 10.1 Å². The molecule has 2 aromatic rings. The average Bonchev–Trinajstić information content (AvgIpc) is 2.61. The summed E-state index contributed by atoms with van der Waals surface area (Å²) in [5.74, 6) is -0.396. The first-order valence-electron chi connectivity index (χ1n) is 7.50. The SMILES string of the molecule is C[C@H](NC(=O)/C(C#N)=C/C(Br)=C/c1ccccc1)c1ccccc1. The molecular weight excluding hydrogens is 364 g/mol. The molecule has 0 saturated carbocycles. The molecule has 0 bridgehead atoms. The highest BCUT2D eigenvalue weighted by Gasteiger charge is 2.13. The molecule has 0 saturated heterocycles. The Balaban J connectivity index is 2.11. The molecule has 0 spiro atoms. The van der Waals surface area contributed by atoms with Gasteiger partial charge in [0.1, 0.15) is 11.6 Å². The van der Waals surface area contributed by atoms with E-state index in [-0.39, 0.29) is 11.6 Å². The topological polar surface area (TPSA) is 52.9 Å². The molecule has 0 fully saturated rings. The van der Waals surface area contributed by atoms with Crippen LogP contribution >= 0.6 is 15.9 Å². The van der Waals surface area contributed by atoms with E-state index in [2.05, 4.69) is 21.2 Å². The number of amides is 1. The van der Waals surface area contributed by atoms with Crippen LogP contribution in [0.2, 0.25) is 0 Å². The Labute approximate surface area is 150 Å². The van der Waals surface area contributed by atoms with Gasteiger partial charge in [0.05, 0.1) is 6.04 Å². The van der Waals surface area contributed by atoms with Gasteiger partial charge in [-0.3, -0.25) is 4.79 Å². The summed E-state index contributed by atoms with van der Waals surface area (Å²) in [6, 6.07) is 21.1. The van der Waals surface area contributed by atoms with Gasteiger partial charge in [-0.05, 0) is 30.2 Å². The number of nitriles is 1. The van der Waals surface area contributed by atoms with Gasteiger partial charge in [-0.15, -0.1) is 0 Å². The van der Waals surface area contributed by atoms with E-state index in [1.807, 2.05) is 79.7 Å². The monoisotopic (exact) mass is 380 g/mol. The van der Waals surface area contributed by atoms with Crippen LogP contribution in [0.3, 0.4) is 0 Å². The summed E-state index contributed by atoms with van der Waals surface area (Å²) in [5, 5.41) is 12.1. The fourth-order valence-electron chi connectivity index (χ4n) is 2.14. The van der Waals surface area contributed by atoms with Crippen molar-refractivity contribution in [2.24, 2.45) is 0 Å². The molecule has 1 N–H and O–H groups in total. The minimum atomic E-state index is -0.396. The summed E-state index contributed by atoms with van der Waals surface area (Å²) < 4.78 is 0.660. The van der Waals surface area contributed by atoms with E-state index in [0.29, 0.717) is 4.48 Å². The summed E-state index contributed by atoms with van der Waals surface area (Å²) in [7, 11) is 0. The number of carbonyl (C=O) groups excluding carboxylic acids is 1. The van der Waals surface area contributed by atoms with Crippen LogP contribution in [-0.4, -0.2) is 5.91 Å². The van der Waals surface area contributed by atoms with Crippen LogP contribution in [-0.2, 0) is 4.79 Å². The van der Waals surface area contributed by atoms with Gasteiger partial charge in [0.2, 0.25) is 0 Å². The zero-order chi connectivity index (χ0) is 17.4. The molecule has 0 heterocycles. The normalized spacial score (nSPS) is 13.0. The van der Waals surface area contributed by atoms with E-state index in [1.54, 1.807) is 0 Å². The molecule has 0 unspecified atom stereocenters. The van der Waals surface area contributed by atoms with Gasteiger partial charge in [-0.1, -0.05) is 76.6 Å². The molecule has 120 valence electrons. The Morgan fingerprint density at radius 2 is 1.71 bits per heavy atom. The summed E-state index contributed by atoms with van der Waals surface area (Å²) in [4.78, 5) is 12.3. The standard InChI is InChI=1S/C20H17BrN2O/c1-15(17-10-6-3-7-11-17)23-20(24)18(14-22)13-19(21)12-16-8-4-2-5-9-16/h2-13,15H,1H3,(H,23,24)/b18-13+,19-12-/t15-/m0/s1. The Hall–Kier alpha value is -2.64. The van der Waals surface area contributed by atoms with Gasteiger partial charge in [-0.2, -0.15) is 5.26 Å². The Bertz CT molecular complexity index is 789. The molecule has 24 heavy (non-hydrogen) atoms. The lowest BCUT2D eigenvalue weighted by Crippen LogP contribution is -2.27. The Morgan fingerprint density at radius 3 is 2.29 bits per heavy atom. The lowest BCUT2D eigenvalue weighted by atomic mass is 10.1. The van der Waals surface area contributed by atoms with E-state index in [0.717, 1.165) is 11.1 Å². The molecule has 0 aliphatic carbocycles. The van der Waals surface area contributed by atoms with Crippen molar-refractivity contribution in [2.75, 3.05) is 0 Å². The number of nitrogens with zero attached hydrogens (tertiary/aromatic N) is 1. The molecule has 0 aliphatic heterocycles. The van der Waals surface area contributed by atoms with Crippen LogP contribution in [0.15, 0.2) is 76.8 Å². The first-order chi connectivity index (χ1) is 11.6. The molecule has 2 aromatic carbocycles. The van der Waals surface area contributed by atoms with Gasteiger partial charge in [0.25, 0.3) is 5.91 Å². The average molecular weight is 381 g/mol. The summed E-state index contributed by atoms with van der Waals surface area (Å²) in [6.45, 7) is 1.89. The van der Waals surface area contributed by atoms with Crippen molar-refractivity contribution in [1.82, 2.24) is 5.32 Å². The highest BCUT2D eigenvalue weighted by Crippen LogP contribution is 2.17. The first-order valence-corrected chi connectivity index (χ1v) is 8.29. The van der Waals surface area contributed by atoms with Crippen molar-refractivity contribution < 1.29 is 4.79 Å². The summed E-state index contributed by atoms with van der Waals surface area (Å²) in [5.41, 5.74) is 2.02. The zero-order valence-corrected chi connectivity index (χ0v) is 14.8. The van der Waals surface area contributed by atoms with Crippen molar-refractivity contribution in [2.45, 2.75) is 13.0 Å². The van der Waals surface area contributed by atoms with Gasteiger partial charge < -0.3 is 5.32 Å². The van der Waals surface area contributed by atoms with Gasteiger partial charge in [0, 0.05) is 4.48 Å². The molecule has 0 aliphatic rings. The van der Waals surface area contributed by atoms with E-state index < -0.39 is 5.91 Å². The van der Waals surface area contributed by atoms with Crippen molar-refractivity contribution in [1.29, 1.82) is 5.26 Å². The van der Waals surface area contributed by atoms with Gasteiger partial charge >= 0.3 is 0 Å². The van der Waals surface area contributed by atoms with Crippen molar-refractivity contribution in [3.8, 4) is 6.07 Å². The van der Waals surface area contributed by atoms with Crippen LogP contribution in [0.5, 0.6) is 0 Å². The molecule has 0 aromatic heterocycles. The van der Waals surface area contributed by atoms with Crippen LogP contribution in [0.1, 0.15) is 24.1 Å². The molecule has 1 amide bonds. The number of carbonyl (C=O) groups is 1. The van der Waals surface area contributed by atoms with Gasteiger partial charge in [-0.25, -0.2) is 0 Å². The third-order valence-corrected chi connectivity index (χ3v) is 3.86. The number of nitrogens with one attached hydrogen (secondary N) is 1. The second-order valence-corrected chi connectivity index (χ2v) is 6.13. The van der Waals surface area contributed by atoms with E-state index >= 15 is 0 Å². The van der Waals surface area contributed by atoms with Crippen LogP contribution < -0.4 is 5.32 Å². The minimum Gasteiger partial charge on any atom is -0.345 e. The first kappa shape index (κ1) is 17.7. The maximum absolute atomic E-state index is 12.3. The fraction of sp³-hybridized carbons (Fsp3) is 0.100. The molecular formula is C20H17BrN2O. The summed E-state index contributed by atoms with van der Waals surface area (Å²) in [6.07, 6.45) is 3.38. The number of hydrogen-bond acceptors (Lipinski definition) is 2. The molecule has 3 nitrogen and oxygen atoms in total. The molecule has 1 atom stereocenters. The largest absolute Gasteiger partial charge is 0.345 e. The Morgan fingerprint density at radius 1 is 1.12 bits per heavy atom. The molecule has 0 radical (unpaired) electrons. The maximum atomic E-state index is 12.3.